The second-order valence-corrected chi connectivity index (χ2v) is 7.99. The molecular weight excluding hydrogens is 373 g/mol. The molecule has 2 aliphatic heterocycles. The highest BCUT2D eigenvalue weighted by molar-refractivity contribution is 6.42. The molecule has 0 radical (unpaired) electrons. The largest absolute Gasteiger partial charge is 0.343 e. The third-order valence-corrected chi connectivity index (χ3v) is 6.07. The van der Waals surface area contributed by atoms with E-state index in [0.29, 0.717) is 54.0 Å². The monoisotopic (exact) mass is 397 g/mol. The van der Waals surface area contributed by atoms with Gasteiger partial charge in [-0.2, -0.15) is 0 Å². The van der Waals surface area contributed by atoms with Crippen LogP contribution in [0.15, 0.2) is 18.2 Å². The van der Waals surface area contributed by atoms with E-state index >= 15 is 0 Å². The molecule has 2 saturated heterocycles. The van der Waals surface area contributed by atoms with Gasteiger partial charge in [-0.25, -0.2) is 0 Å². The van der Waals surface area contributed by atoms with E-state index in [1.54, 1.807) is 18.2 Å². The van der Waals surface area contributed by atoms with E-state index in [0.717, 1.165) is 19.5 Å². The fourth-order valence-corrected chi connectivity index (χ4v) is 3.95. The normalized spacial score (nSPS) is 21.0. The molecule has 1 aromatic carbocycles. The van der Waals surface area contributed by atoms with Gasteiger partial charge in [0.25, 0.3) is 0 Å². The summed E-state index contributed by atoms with van der Waals surface area (Å²) in [4.78, 5) is 26.7. The lowest BCUT2D eigenvalue weighted by molar-refractivity contribution is -0.134. The Morgan fingerprint density at radius 3 is 2.58 bits per heavy atom. The zero-order valence-corrected chi connectivity index (χ0v) is 16.3. The third-order valence-electron chi connectivity index (χ3n) is 5.33. The van der Waals surface area contributed by atoms with Crippen molar-refractivity contribution in [3.05, 3.63) is 28.2 Å². The zero-order chi connectivity index (χ0) is 18.5. The number of rotatable bonds is 5. The van der Waals surface area contributed by atoms with Crippen LogP contribution < -0.4 is 10.6 Å². The molecule has 2 amide bonds. The van der Waals surface area contributed by atoms with Gasteiger partial charge in [-0.3, -0.25) is 9.59 Å². The molecule has 142 valence electrons. The molecule has 2 fully saturated rings. The maximum atomic E-state index is 12.4. The van der Waals surface area contributed by atoms with E-state index < -0.39 is 0 Å². The Balaban J connectivity index is 1.42. The minimum Gasteiger partial charge on any atom is -0.343 e. The molecule has 0 spiro atoms. The Kier molecular flexibility index (Phi) is 6.79. The molecule has 2 aliphatic rings. The molecule has 0 bridgehead atoms. The van der Waals surface area contributed by atoms with Gasteiger partial charge in [0.15, 0.2) is 0 Å². The molecule has 2 N–H and O–H groups in total. The van der Waals surface area contributed by atoms with Crippen molar-refractivity contribution in [2.45, 2.75) is 32.1 Å². The first-order valence-electron chi connectivity index (χ1n) is 9.27. The van der Waals surface area contributed by atoms with Crippen LogP contribution in [0.4, 0.5) is 5.69 Å². The summed E-state index contributed by atoms with van der Waals surface area (Å²) in [5.74, 6) is 0.758. The van der Waals surface area contributed by atoms with Gasteiger partial charge in [0.2, 0.25) is 11.8 Å². The van der Waals surface area contributed by atoms with Crippen molar-refractivity contribution in [3.8, 4) is 0 Å². The summed E-state index contributed by atoms with van der Waals surface area (Å²) in [6.07, 6.45) is 4.15. The van der Waals surface area contributed by atoms with E-state index in [1.807, 2.05) is 4.90 Å². The van der Waals surface area contributed by atoms with Crippen LogP contribution in [0.5, 0.6) is 0 Å². The van der Waals surface area contributed by atoms with E-state index in [9.17, 15) is 9.59 Å². The Morgan fingerprint density at radius 2 is 1.92 bits per heavy atom. The van der Waals surface area contributed by atoms with Crippen molar-refractivity contribution in [2.24, 2.45) is 11.8 Å². The van der Waals surface area contributed by atoms with E-state index in [1.165, 1.54) is 6.42 Å². The van der Waals surface area contributed by atoms with Gasteiger partial charge in [0.1, 0.15) is 0 Å². The fraction of sp³-hybridized carbons (Fsp3) is 0.579. The number of halogens is 2. The molecule has 1 unspecified atom stereocenters. The number of nitrogens with zero attached hydrogens (tertiary/aromatic N) is 1. The van der Waals surface area contributed by atoms with Gasteiger partial charge in [-0.15, -0.1) is 0 Å². The van der Waals surface area contributed by atoms with Gasteiger partial charge in [-0.05, 0) is 62.9 Å². The van der Waals surface area contributed by atoms with Gasteiger partial charge in [0, 0.05) is 31.1 Å². The maximum absolute atomic E-state index is 12.4. The van der Waals surface area contributed by atoms with Crippen LogP contribution in [-0.2, 0) is 9.59 Å². The van der Waals surface area contributed by atoms with Crippen molar-refractivity contribution in [2.75, 3.05) is 31.5 Å². The number of nitrogens with one attached hydrogen (secondary N) is 2. The van der Waals surface area contributed by atoms with Crippen molar-refractivity contribution < 1.29 is 9.59 Å². The predicted molar refractivity (Wildman–Crippen MR) is 105 cm³/mol. The molecule has 0 aromatic heterocycles. The minimum atomic E-state index is -0.0764. The number of hydrogen-bond acceptors (Lipinski definition) is 3. The first-order valence-corrected chi connectivity index (χ1v) is 10.0. The van der Waals surface area contributed by atoms with Crippen LogP contribution in [0.1, 0.15) is 32.1 Å². The molecule has 1 aromatic rings. The van der Waals surface area contributed by atoms with E-state index in [-0.39, 0.29) is 17.7 Å². The number of carbonyl (C=O) groups excluding carboxylic acids is 2. The number of carbonyl (C=O) groups is 2. The smallest absolute Gasteiger partial charge is 0.227 e. The molecule has 1 atom stereocenters. The number of anilines is 1. The molecular formula is C19H25Cl2N3O2. The molecule has 26 heavy (non-hydrogen) atoms. The van der Waals surface area contributed by atoms with Crippen LogP contribution in [-0.4, -0.2) is 42.9 Å². The lowest BCUT2D eigenvalue weighted by atomic mass is 9.95. The van der Waals surface area contributed by atoms with E-state index in [4.69, 9.17) is 23.2 Å². The standard InChI is InChI=1S/C19H25Cl2N3O2/c20-16-3-2-15(11-17(16)21)23-19(26)14-6-9-24(10-7-14)18(25)4-1-13-5-8-22-12-13/h2-3,11,13-14,22H,1,4-10,12H2,(H,23,26). The summed E-state index contributed by atoms with van der Waals surface area (Å²) in [5, 5.41) is 7.11. The average Bonchev–Trinajstić information content (AvgIpc) is 3.16. The number of likely N-dealkylation sites (tertiary alicyclic amines) is 1. The van der Waals surface area contributed by atoms with Crippen LogP contribution >= 0.6 is 23.2 Å². The van der Waals surface area contributed by atoms with Crippen LogP contribution in [0.2, 0.25) is 10.0 Å². The van der Waals surface area contributed by atoms with Crippen molar-refractivity contribution in [1.82, 2.24) is 10.2 Å². The second kappa shape index (κ2) is 9.07. The Hall–Kier alpha value is -1.30. The van der Waals surface area contributed by atoms with Crippen molar-refractivity contribution >= 4 is 40.7 Å². The molecule has 7 heteroatoms. The first-order chi connectivity index (χ1) is 12.5. The lowest BCUT2D eigenvalue weighted by Gasteiger charge is -2.31. The molecule has 0 aliphatic carbocycles. The summed E-state index contributed by atoms with van der Waals surface area (Å²) in [6.45, 7) is 3.41. The highest BCUT2D eigenvalue weighted by Gasteiger charge is 2.28. The Bertz CT molecular complexity index is 654. The number of amides is 2. The summed E-state index contributed by atoms with van der Waals surface area (Å²) in [5.41, 5.74) is 0.646. The average molecular weight is 398 g/mol. The molecule has 2 heterocycles. The summed E-state index contributed by atoms with van der Waals surface area (Å²) in [6, 6.07) is 5.06. The number of piperidine rings is 1. The first kappa shape index (κ1) is 19.5. The van der Waals surface area contributed by atoms with Crippen LogP contribution in [0, 0.1) is 11.8 Å². The number of benzene rings is 1. The number of hydrogen-bond donors (Lipinski definition) is 2. The maximum Gasteiger partial charge on any atom is 0.227 e. The quantitative estimate of drug-likeness (QED) is 0.798. The van der Waals surface area contributed by atoms with Crippen LogP contribution in [0.25, 0.3) is 0 Å². The SMILES string of the molecule is O=C(Nc1ccc(Cl)c(Cl)c1)C1CCN(C(=O)CCC2CCNC2)CC1. The Labute approximate surface area is 164 Å². The van der Waals surface area contributed by atoms with Crippen molar-refractivity contribution in [3.63, 3.8) is 0 Å². The zero-order valence-electron chi connectivity index (χ0n) is 14.8. The van der Waals surface area contributed by atoms with Crippen LogP contribution in [0.3, 0.4) is 0 Å². The summed E-state index contributed by atoms with van der Waals surface area (Å²) in [7, 11) is 0. The summed E-state index contributed by atoms with van der Waals surface area (Å²) >= 11 is 11.9. The van der Waals surface area contributed by atoms with Gasteiger partial charge in [-0.1, -0.05) is 23.2 Å². The highest BCUT2D eigenvalue weighted by atomic mass is 35.5. The molecule has 3 rings (SSSR count). The highest BCUT2D eigenvalue weighted by Crippen LogP contribution is 2.26. The third kappa shape index (κ3) is 5.12. The fourth-order valence-electron chi connectivity index (χ4n) is 3.66. The Morgan fingerprint density at radius 1 is 1.15 bits per heavy atom. The van der Waals surface area contributed by atoms with Gasteiger partial charge in [0.05, 0.1) is 10.0 Å². The minimum absolute atomic E-state index is 0.0208. The lowest BCUT2D eigenvalue weighted by Crippen LogP contribution is -2.41. The molecule has 0 saturated carbocycles. The van der Waals surface area contributed by atoms with Gasteiger partial charge >= 0.3 is 0 Å². The van der Waals surface area contributed by atoms with Crippen molar-refractivity contribution in [1.29, 1.82) is 0 Å². The summed E-state index contributed by atoms with van der Waals surface area (Å²) < 4.78 is 0. The van der Waals surface area contributed by atoms with E-state index in [2.05, 4.69) is 10.6 Å². The van der Waals surface area contributed by atoms with Gasteiger partial charge < -0.3 is 15.5 Å². The molecule has 5 nitrogen and oxygen atoms in total. The topological polar surface area (TPSA) is 61.4 Å². The predicted octanol–water partition coefficient (Wildman–Crippen LogP) is 3.56. The second-order valence-electron chi connectivity index (χ2n) is 7.17.